The molecule has 1 rings (SSSR count). The van der Waals surface area contributed by atoms with Crippen LogP contribution in [0.5, 0.6) is 0 Å². The highest BCUT2D eigenvalue weighted by atomic mass is 32.2. The van der Waals surface area contributed by atoms with E-state index >= 15 is 0 Å². The van der Waals surface area contributed by atoms with Crippen LogP contribution in [-0.2, 0) is 19.5 Å². The number of nitrogens with two attached hydrogens (primary N) is 1. The van der Waals surface area contributed by atoms with Gasteiger partial charge in [-0.25, -0.2) is 17.9 Å². The van der Waals surface area contributed by atoms with Crippen molar-refractivity contribution in [2.45, 2.75) is 11.3 Å². The topological polar surface area (TPSA) is 108 Å². The Hall–Kier alpha value is -1.64. The fraction of sp³-hybridized carbons (Fsp3) is 0.417. The van der Waals surface area contributed by atoms with Gasteiger partial charge in [0, 0.05) is 25.9 Å². The van der Waals surface area contributed by atoms with E-state index in [9.17, 15) is 13.2 Å². The SMILES string of the molecule is COCCCNS(=O)(=O)c1cc(N)ccc1C(=O)OC. The Morgan fingerprint density at radius 1 is 1.35 bits per heavy atom. The molecule has 0 unspecified atom stereocenters. The molecule has 1 aromatic rings. The van der Waals surface area contributed by atoms with Crippen molar-refractivity contribution in [3.8, 4) is 0 Å². The van der Waals surface area contributed by atoms with E-state index in [0.29, 0.717) is 13.0 Å². The molecule has 0 aromatic heterocycles. The van der Waals surface area contributed by atoms with Crippen LogP contribution in [0.15, 0.2) is 23.1 Å². The van der Waals surface area contributed by atoms with Crippen molar-refractivity contribution < 1.29 is 22.7 Å². The van der Waals surface area contributed by atoms with Gasteiger partial charge in [0.1, 0.15) is 0 Å². The second-order valence-corrected chi connectivity index (χ2v) is 5.73. The Morgan fingerprint density at radius 3 is 2.65 bits per heavy atom. The molecule has 0 aliphatic carbocycles. The summed E-state index contributed by atoms with van der Waals surface area (Å²) < 4.78 is 36.1. The molecule has 20 heavy (non-hydrogen) atoms. The summed E-state index contributed by atoms with van der Waals surface area (Å²) in [6.45, 7) is 0.634. The lowest BCUT2D eigenvalue weighted by Crippen LogP contribution is -2.27. The Bertz CT molecular complexity index is 571. The van der Waals surface area contributed by atoms with Crippen LogP contribution in [0.2, 0.25) is 0 Å². The van der Waals surface area contributed by atoms with Crippen molar-refractivity contribution in [1.82, 2.24) is 4.72 Å². The summed E-state index contributed by atoms with van der Waals surface area (Å²) in [5.41, 5.74) is 5.77. The molecule has 7 nitrogen and oxygen atoms in total. The van der Waals surface area contributed by atoms with Gasteiger partial charge < -0.3 is 15.2 Å². The number of benzene rings is 1. The maximum Gasteiger partial charge on any atom is 0.339 e. The van der Waals surface area contributed by atoms with Crippen molar-refractivity contribution in [3.63, 3.8) is 0 Å². The predicted octanol–water partition coefficient (Wildman–Crippen LogP) is 0.370. The molecular formula is C12H18N2O5S. The third-order valence-electron chi connectivity index (χ3n) is 2.52. The highest BCUT2D eigenvalue weighted by Crippen LogP contribution is 2.19. The van der Waals surface area contributed by atoms with E-state index in [2.05, 4.69) is 9.46 Å². The summed E-state index contributed by atoms with van der Waals surface area (Å²) in [7, 11) is -1.12. The summed E-state index contributed by atoms with van der Waals surface area (Å²) in [6.07, 6.45) is 0.519. The van der Waals surface area contributed by atoms with Crippen LogP contribution in [0.25, 0.3) is 0 Å². The van der Waals surface area contributed by atoms with Crippen molar-refractivity contribution in [1.29, 1.82) is 0 Å². The normalized spacial score (nSPS) is 11.3. The van der Waals surface area contributed by atoms with Gasteiger partial charge in [0.2, 0.25) is 10.0 Å². The molecule has 112 valence electrons. The van der Waals surface area contributed by atoms with Crippen LogP contribution in [0.1, 0.15) is 16.8 Å². The summed E-state index contributed by atoms with van der Waals surface area (Å²) in [4.78, 5) is 11.4. The number of anilines is 1. The number of rotatable bonds is 7. The third-order valence-corrected chi connectivity index (χ3v) is 4.02. The summed E-state index contributed by atoms with van der Waals surface area (Å²) >= 11 is 0. The zero-order valence-corrected chi connectivity index (χ0v) is 12.2. The Balaban J connectivity index is 3.03. The molecule has 0 saturated heterocycles. The number of hydrogen-bond acceptors (Lipinski definition) is 6. The van der Waals surface area contributed by atoms with E-state index in [4.69, 9.17) is 10.5 Å². The maximum absolute atomic E-state index is 12.2. The second-order valence-electron chi connectivity index (χ2n) is 3.99. The quantitative estimate of drug-likeness (QED) is 0.428. The van der Waals surface area contributed by atoms with Crippen LogP contribution in [0.4, 0.5) is 5.69 Å². The molecule has 0 heterocycles. The Morgan fingerprint density at radius 2 is 2.05 bits per heavy atom. The van der Waals surface area contributed by atoms with Gasteiger partial charge in [-0.2, -0.15) is 0 Å². The van der Waals surface area contributed by atoms with E-state index in [1.165, 1.54) is 32.4 Å². The lowest BCUT2D eigenvalue weighted by molar-refractivity contribution is 0.0596. The minimum absolute atomic E-state index is 0.0547. The highest BCUT2D eigenvalue weighted by molar-refractivity contribution is 7.89. The smallest absolute Gasteiger partial charge is 0.339 e. The molecule has 0 radical (unpaired) electrons. The molecule has 0 fully saturated rings. The first-order chi connectivity index (χ1) is 9.42. The van der Waals surface area contributed by atoms with E-state index in [1.807, 2.05) is 0 Å². The minimum Gasteiger partial charge on any atom is -0.465 e. The van der Waals surface area contributed by atoms with E-state index < -0.39 is 16.0 Å². The highest BCUT2D eigenvalue weighted by Gasteiger charge is 2.22. The van der Waals surface area contributed by atoms with Crippen LogP contribution in [-0.4, -0.2) is 41.8 Å². The zero-order chi connectivity index (χ0) is 15.2. The minimum atomic E-state index is -3.84. The number of ether oxygens (including phenoxy) is 2. The predicted molar refractivity (Wildman–Crippen MR) is 73.9 cm³/mol. The van der Waals surface area contributed by atoms with Gasteiger partial charge in [-0.15, -0.1) is 0 Å². The first-order valence-corrected chi connectivity index (χ1v) is 7.37. The lowest BCUT2D eigenvalue weighted by Gasteiger charge is -2.11. The van der Waals surface area contributed by atoms with Gasteiger partial charge in [-0.05, 0) is 24.6 Å². The molecule has 0 bridgehead atoms. The Labute approximate surface area is 118 Å². The number of sulfonamides is 1. The number of esters is 1. The molecule has 0 amide bonds. The first kappa shape index (κ1) is 16.4. The van der Waals surface area contributed by atoms with Crippen LogP contribution >= 0.6 is 0 Å². The molecule has 0 atom stereocenters. The van der Waals surface area contributed by atoms with Gasteiger partial charge in [0.05, 0.1) is 17.6 Å². The standard InChI is InChI=1S/C12H18N2O5S/c1-18-7-3-6-14-20(16,17)11-8-9(13)4-5-10(11)12(15)19-2/h4-5,8,14H,3,6-7,13H2,1-2H3. The van der Waals surface area contributed by atoms with Gasteiger partial charge in [-0.1, -0.05) is 0 Å². The number of carbonyl (C=O) groups excluding carboxylic acids is 1. The molecule has 1 aromatic carbocycles. The average molecular weight is 302 g/mol. The second kappa shape index (κ2) is 7.22. The largest absolute Gasteiger partial charge is 0.465 e. The number of nitrogen functional groups attached to an aromatic ring is 1. The summed E-state index contributed by atoms with van der Waals surface area (Å²) in [6, 6.07) is 3.99. The van der Waals surface area contributed by atoms with Crippen molar-refractivity contribution in [2.75, 3.05) is 33.1 Å². The van der Waals surface area contributed by atoms with E-state index in [0.717, 1.165) is 0 Å². The number of methoxy groups -OCH3 is 2. The van der Waals surface area contributed by atoms with E-state index in [1.54, 1.807) is 0 Å². The van der Waals surface area contributed by atoms with Crippen LogP contribution in [0.3, 0.4) is 0 Å². The third kappa shape index (κ3) is 4.19. The summed E-state index contributed by atoms with van der Waals surface area (Å²) in [5.74, 6) is -0.734. The fourth-order valence-corrected chi connectivity index (χ4v) is 2.84. The zero-order valence-electron chi connectivity index (χ0n) is 11.4. The van der Waals surface area contributed by atoms with Crippen molar-refractivity contribution in [3.05, 3.63) is 23.8 Å². The molecular weight excluding hydrogens is 284 g/mol. The fourth-order valence-electron chi connectivity index (χ4n) is 1.54. The molecule has 8 heteroatoms. The van der Waals surface area contributed by atoms with Gasteiger partial charge in [0.25, 0.3) is 0 Å². The number of carbonyl (C=O) groups is 1. The summed E-state index contributed by atoms with van der Waals surface area (Å²) in [5, 5.41) is 0. The maximum atomic E-state index is 12.2. The molecule has 3 N–H and O–H groups in total. The van der Waals surface area contributed by atoms with E-state index in [-0.39, 0.29) is 22.7 Å². The monoisotopic (exact) mass is 302 g/mol. The van der Waals surface area contributed by atoms with Crippen molar-refractivity contribution >= 4 is 21.7 Å². The Kier molecular flexibility index (Phi) is 5.93. The van der Waals surface area contributed by atoms with Gasteiger partial charge in [0.15, 0.2) is 0 Å². The number of nitrogens with one attached hydrogen (secondary N) is 1. The van der Waals surface area contributed by atoms with Crippen LogP contribution in [0, 0.1) is 0 Å². The molecule has 0 aliphatic rings. The first-order valence-electron chi connectivity index (χ1n) is 5.89. The van der Waals surface area contributed by atoms with Gasteiger partial charge in [-0.3, -0.25) is 0 Å². The molecule has 0 aliphatic heterocycles. The molecule has 0 spiro atoms. The lowest BCUT2D eigenvalue weighted by atomic mass is 10.2. The number of hydrogen-bond donors (Lipinski definition) is 2. The van der Waals surface area contributed by atoms with Crippen LogP contribution < -0.4 is 10.5 Å². The molecule has 0 saturated carbocycles. The van der Waals surface area contributed by atoms with Gasteiger partial charge >= 0.3 is 5.97 Å². The van der Waals surface area contributed by atoms with Crippen molar-refractivity contribution in [2.24, 2.45) is 0 Å². The average Bonchev–Trinajstić information content (AvgIpc) is 2.42.